The Morgan fingerprint density at radius 1 is 1.11 bits per heavy atom. The van der Waals surface area contributed by atoms with Crippen LogP contribution in [0.2, 0.25) is 10.0 Å². The number of nitrogens with one attached hydrogen (secondary N) is 1. The summed E-state index contributed by atoms with van der Waals surface area (Å²) in [6.07, 6.45) is -4.01. The van der Waals surface area contributed by atoms with Crippen LogP contribution < -0.4 is 5.32 Å². The fourth-order valence-corrected chi connectivity index (χ4v) is 4.22. The first-order valence-electron chi connectivity index (χ1n) is 10.9. The standard InChI is InChI=1S/C20H16Cl2F3N3O2S.2C2H6/c1-9(2)16-15(12-5-4-11(21)7-14(12)22)27-19(31-16)28-17-13(18(29)30-3)6-10(8-26-17)20(23,24)25;2*1-2/h4-9H,1-3H3,(H,26,27,28);2*1-2H3. The third-order valence-corrected chi connectivity index (χ3v) is 6.03. The van der Waals surface area contributed by atoms with E-state index in [1.54, 1.807) is 18.2 Å². The highest BCUT2D eigenvalue weighted by Crippen LogP contribution is 2.41. The van der Waals surface area contributed by atoms with E-state index in [4.69, 9.17) is 23.2 Å². The zero-order valence-electron chi connectivity index (χ0n) is 20.5. The van der Waals surface area contributed by atoms with E-state index in [1.165, 1.54) is 11.3 Å². The summed E-state index contributed by atoms with van der Waals surface area (Å²) in [5, 5.41) is 4.07. The number of benzene rings is 1. The molecule has 0 saturated heterocycles. The highest BCUT2D eigenvalue weighted by atomic mass is 35.5. The second kappa shape index (κ2) is 13.7. The normalized spacial score (nSPS) is 10.7. The van der Waals surface area contributed by atoms with Crippen LogP contribution in [0.15, 0.2) is 30.5 Å². The molecule has 0 radical (unpaired) electrons. The maximum absolute atomic E-state index is 13.0. The summed E-state index contributed by atoms with van der Waals surface area (Å²) in [5.74, 6) is -0.976. The number of thiazole rings is 1. The number of anilines is 2. The first-order valence-corrected chi connectivity index (χ1v) is 12.5. The fourth-order valence-electron chi connectivity index (χ4n) is 2.74. The molecule has 3 aromatic rings. The van der Waals surface area contributed by atoms with Crippen molar-refractivity contribution in [1.82, 2.24) is 9.97 Å². The molecule has 5 nitrogen and oxygen atoms in total. The molecule has 0 aliphatic carbocycles. The Balaban J connectivity index is 0.00000145. The molecule has 0 unspecified atom stereocenters. The molecular weight excluding hydrogens is 522 g/mol. The van der Waals surface area contributed by atoms with Gasteiger partial charge in [-0.05, 0) is 30.2 Å². The number of rotatable bonds is 5. The molecule has 2 heterocycles. The van der Waals surface area contributed by atoms with Gasteiger partial charge in [0.25, 0.3) is 0 Å². The smallest absolute Gasteiger partial charge is 0.417 e. The Hall–Kier alpha value is -2.36. The van der Waals surface area contributed by atoms with Gasteiger partial charge in [0.1, 0.15) is 11.4 Å². The molecule has 0 bridgehead atoms. The first-order chi connectivity index (χ1) is 16.5. The van der Waals surface area contributed by atoms with Crippen molar-refractivity contribution < 1.29 is 22.7 Å². The number of esters is 1. The van der Waals surface area contributed by atoms with Gasteiger partial charge in [-0.3, -0.25) is 0 Å². The molecular formula is C24H28Cl2F3N3O2S. The zero-order chi connectivity index (χ0) is 26.9. The van der Waals surface area contributed by atoms with E-state index >= 15 is 0 Å². The highest BCUT2D eigenvalue weighted by Gasteiger charge is 2.33. The number of ether oxygens (including phenoxy) is 1. The van der Waals surface area contributed by atoms with Crippen LogP contribution in [0.3, 0.4) is 0 Å². The quantitative estimate of drug-likeness (QED) is 0.321. The molecule has 1 aromatic carbocycles. The van der Waals surface area contributed by atoms with Gasteiger partial charge in [-0.1, -0.05) is 64.7 Å². The topological polar surface area (TPSA) is 64.1 Å². The Bertz CT molecular complexity index is 1140. The third kappa shape index (κ3) is 7.81. The predicted molar refractivity (Wildman–Crippen MR) is 138 cm³/mol. The molecule has 0 saturated carbocycles. The minimum absolute atomic E-state index is 0.0791. The average Bonchev–Trinajstić information content (AvgIpc) is 3.24. The number of halogens is 5. The zero-order valence-corrected chi connectivity index (χ0v) is 22.8. The van der Waals surface area contributed by atoms with Gasteiger partial charge >= 0.3 is 12.1 Å². The Morgan fingerprint density at radius 2 is 1.74 bits per heavy atom. The van der Waals surface area contributed by atoms with Crippen molar-refractivity contribution in [3.8, 4) is 11.3 Å². The first kappa shape index (κ1) is 30.7. The summed E-state index contributed by atoms with van der Waals surface area (Å²) < 4.78 is 43.8. The fraction of sp³-hybridized carbons (Fsp3) is 0.375. The largest absolute Gasteiger partial charge is 0.465 e. The molecule has 11 heteroatoms. The van der Waals surface area contributed by atoms with Gasteiger partial charge in [0.2, 0.25) is 0 Å². The minimum Gasteiger partial charge on any atom is -0.465 e. The summed E-state index contributed by atoms with van der Waals surface area (Å²) in [4.78, 5) is 21.3. The summed E-state index contributed by atoms with van der Waals surface area (Å²) in [5.41, 5.74) is -0.151. The van der Waals surface area contributed by atoms with E-state index in [0.717, 1.165) is 12.0 Å². The predicted octanol–water partition coefficient (Wildman–Crippen LogP) is 9.24. The maximum atomic E-state index is 13.0. The molecule has 0 fully saturated rings. The van der Waals surface area contributed by atoms with Crippen molar-refractivity contribution in [1.29, 1.82) is 0 Å². The third-order valence-electron chi connectivity index (χ3n) is 4.21. The lowest BCUT2D eigenvalue weighted by Crippen LogP contribution is -2.12. The molecule has 2 aromatic heterocycles. The number of hydrogen-bond donors (Lipinski definition) is 1. The van der Waals surface area contributed by atoms with Gasteiger partial charge in [0.05, 0.1) is 23.4 Å². The highest BCUT2D eigenvalue weighted by molar-refractivity contribution is 7.16. The van der Waals surface area contributed by atoms with Crippen LogP contribution in [-0.4, -0.2) is 23.0 Å². The molecule has 0 aliphatic heterocycles. The van der Waals surface area contributed by atoms with Crippen molar-refractivity contribution in [2.24, 2.45) is 0 Å². The van der Waals surface area contributed by atoms with E-state index in [2.05, 4.69) is 20.0 Å². The van der Waals surface area contributed by atoms with Crippen molar-refractivity contribution >= 4 is 51.5 Å². The van der Waals surface area contributed by atoms with Crippen LogP contribution >= 0.6 is 34.5 Å². The van der Waals surface area contributed by atoms with Gasteiger partial charge in [-0.25, -0.2) is 14.8 Å². The number of carbonyl (C=O) groups excluding carboxylic acids is 1. The number of aromatic nitrogens is 2. The van der Waals surface area contributed by atoms with Gasteiger partial charge in [-0.2, -0.15) is 13.2 Å². The SMILES string of the molecule is CC.CC.COC(=O)c1cc(C(F)(F)F)cnc1Nc1nc(-c2ccc(Cl)cc2Cl)c(C(C)C)s1. The van der Waals surface area contributed by atoms with Crippen molar-refractivity contribution in [2.45, 2.75) is 53.6 Å². The lowest BCUT2D eigenvalue weighted by atomic mass is 10.1. The van der Waals surface area contributed by atoms with E-state index in [9.17, 15) is 18.0 Å². The molecule has 1 N–H and O–H groups in total. The molecule has 0 atom stereocenters. The minimum atomic E-state index is -4.65. The van der Waals surface area contributed by atoms with Gasteiger partial charge < -0.3 is 10.1 Å². The van der Waals surface area contributed by atoms with Crippen LogP contribution in [0, 0.1) is 0 Å². The average molecular weight is 550 g/mol. The van der Waals surface area contributed by atoms with Crippen molar-refractivity contribution in [3.05, 3.63) is 56.5 Å². The van der Waals surface area contributed by atoms with Gasteiger partial charge in [-0.15, -0.1) is 11.3 Å². The van der Waals surface area contributed by atoms with Crippen LogP contribution in [0.5, 0.6) is 0 Å². The maximum Gasteiger partial charge on any atom is 0.417 e. The molecule has 0 spiro atoms. The van der Waals surface area contributed by atoms with Gasteiger partial charge in [0.15, 0.2) is 5.13 Å². The molecule has 0 amide bonds. The Labute approximate surface area is 217 Å². The number of pyridine rings is 1. The van der Waals surface area contributed by atoms with Crippen LogP contribution in [0.4, 0.5) is 24.1 Å². The van der Waals surface area contributed by atoms with Crippen molar-refractivity contribution in [2.75, 3.05) is 12.4 Å². The van der Waals surface area contributed by atoms with E-state index in [1.807, 2.05) is 41.5 Å². The van der Waals surface area contributed by atoms with E-state index < -0.39 is 17.7 Å². The molecule has 0 aliphatic rings. The monoisotopic (exact) mass is 549 g/mol. The number of nitrogens with zero attached hydrogens (tertiary/aromatic N) is 2. The van der Waals surface area contributed by atoms with Gasteiger partial charge in [0, 0.05) is 21.7 Å². The molecule has 35 heavy (non-hydrogen) atoms. The molecule has 192 valence electrons. The molecule has 3 rings (SSSR count). The second-order valence-electron chi connectivity index (χ2n) is 6.75. The summed E-state index contributed by atoms with van der Waals surface area (Å²) >= 11 is 13.6. The Kier molecular flexibility index (Phi) is 12.0. The van der Waals surface area contributed by atoms with Crippen LogP contribution in [-0.2, 0) is 10.9 Å². The number of alkyl halides is 3. The van der Waals surface area contributed by atoms with Crippen LogP contribution in [0.1, 0.15) is 68.3 Å². The second-order valence-corrected chi connectivity index (χ2v) is 8.62. The number of carbonyl (C=O) groups is 1. The summed E-state index contributed by atoms with van der Waals surface area (Å²) in [6, 6.07) is 5.72. The van der Waals surface area contributed by atoms with E-state index in [-0.39, 0.29) is 17.3 Å². The number of hydrogen-bond acceptors (Lipinski definition) is 6. The van der Waals surface area contributed by atoms with Crippen LogP contribution in [0.25, 0.3) is 11.3 Å². The lowest BCUT2D eigenvalue weighted by Gasteiger charge is -2.11. The Morgan fingerprint density at radius 3 is 2.26 bits per heavy atom. The number of methoxy groups -OCH3 is 1. The summed E-state index contributed by atoms with van der Waals surface area (Å²) in [7, 11) is 1.08. The van der Waals surface area contributed by atoms with E-state index in [0.29, 0.717) is 38.7 Å². The lowest BCUT2D eigenvalue weighted by molar-refractivity contribution is -0.137. The van der Waals surface area contributed by atoms with Crippen molar-refractivity contribution in [3.63, 3.8) is 0 Å². The summed E-state index contributed by atoms with van der Waals surface area (Å²) in [6.45, 7) is 11.9.